The first kappa shape index (κ1) is 33.7. The summed E-state index contributed by atoms with van der Waals surface area (Å²) < 4.78 is 6.29. The highest BCUT2D eigenvalue weighted by Crippen LogP contribution is 2.41. The largest absolute Gasteiger partial charge is 0.440 e. The van der Waals surface area contributed by atoms with Gasteiger partial charge in [-0.15, -0.1) is 0 Å². The Morgan fingerprint density at radius 3 is 2.41 bits per heavy atom. The number of halogens is 1. The highest BCUT2D eigenvalue weighted by molar-refractivity contribution is 6.30. The number of hydrogen-bond acceptors (Lipinski definition) is 5. The van der Waals surface area contributed by atoms with Gasteiger partial charge in [0, 0.05) is 22.9 Å². The third-order valence-corrected chi connectivity index (χ3v) is 9.96. The van der Waals surface area contributed by atoms with E-state index < -0.39 is 29.7 Å². The summed E-state index contributed by atoms with van der Waals surface area (Å²) in [6.07, 6.45) is 5.43. The molecule has 4 N–H and O–H groups in total. The number of fused-ring (bicyclic) bond motifs is 1. The van der Waals surface area contributed by atoms with Crippen molar-refractivity contribution < 1.29 is 24.2 Å². The molecule has 3 aromatic rings. The summed E-state index contributed by atoms with van der Waals surface area (Å²) in [4.78, 5) is 39.7. The van der Waals surface area contributed by atoms with E-state index in [9.17, 15) is 19.5 Å². The fraction of sp³-hybridized carbons (Fsp3) is 0.486. The van der Waals surface area contributed by atoms with Crippen LogP contribution in [0.2, 0.25) is 5.02 Å². The van der Waals surface area contributed by atoms with Crippen molar-refractivity contribution in [2.45, 2.75) is 88.8 Å². The predicted octanol–water partition coefficient (Wildman–Crippen LogP) is 6.58. The van der Waals surface area contributed by atoms with E-state index in [1.165, 1.54) is 6.42 Å². The third kappa shape index (κ3) is 8.39. The van der Waals surface area contributed by atoms with E-state index in [1.807, 2.05) is 80.6 Å². The van der Waals surface area contributed by atoms with Crippen LogP contribution in [0.4, 0.5) is 4.79 Å². The molecule has 4 unspecified atom stereocenters. The molecular weight excluding hydrogens is 602 g/mol. The van der Waals surface area contributed by atoms with E-state index in [-0.39, 0.29) is 30.3 Å². The van der Waals surface area contributed by atoms with Crippen LogP contribution in [-0.4, -0.2) is 48.2 Å². The molecule has 1 aliphatic heterocycles. The topological polar surface area (TPSA) is 117 Å². The molecule has 246 valence electrons. The van der Waals surface area contributed by atoms with E-state index in [0.29, 0.717) is 30.8 Å². The summed E-state index contributed by atoms with van der Waals surface area (Å²) in [5, 5.41) is 21.4. The van der Waals surface area contributed by atoms with Crippen molar-refractivity contribution in [3.63, 3.8) is 0 Å². The molecular formula is C37H46ClN3O5. The molecule has 4 atom stereocenters. The zero-order chi connectivity index (χ0) is 32.7. The Bertz CT molecular complexity index is 1520. The lowest BCUT2D eigenvalue weighted by Crippen LogP contribution is -2.52. The smallest absolute Gasteiger partial charge is 0.408 e. The maximum absolute atomic E-state index is 13.8. The SMILES string of the molecule is CC(C)(c1cccc(Cl)c1)C(OC(=O)NC(CC1CCCCC1)C(=O)NC(CO)CC1CCNC1=O)c1ccc2ccccc2c1. The monoisotopic (exact) mass is 647 g/mol. The van der Waals surface area contributed by atoms with Gasteiger partial charge < -0.3 is 25.8 Å². The number of hydrogen-bond donors (Lipinski definition) is 4. The first-order valence-corrected chi connectivity index (χ1v) is 16.9. The Hall–Kier alpha value is -3.62. The van der Waals surface area contributed by atoms with Crippen LogP contribution in [-0.2, 0) is 19.7 Å². The van der Waals surface area contributed by atoms with E-state index in [4.69, 9.17) is 16.3 Å². The number of aliphatic hydroxyl groups is 1. The number of nitrogens with one attached hydrogen (secondary N) is 3. The van der Waals surface area contributed by atoms with Gasteiger partial charge in [-0.05, 0) is 65.3 Å². The van der Waals surface area contributed by atoms with Crippen LogP contribution >= 0.6 is 11.6 Å². The summed E-state index contributed by atoms with van der Waals surface area (Å²) in [5.74, 6) is -0.410. The molecule has 0 spiro atoms. The molecule has 2 aliphatic rings. The normalized spacial score (nSPS) is 19.2. The summed E-state index contributed by atoms with van der Waals surface area (Å²) in [6.45, 7) is 4.33. The molecule has 0 aromatic heterocycles. The zero-order valence-corrected chi connectivity index (χ0v) is 27.5. The fourth-order valence-corrected chi connectivity index (χ4v) is 7.20. The summed E-state index contributed by atoms with van der Waals surface area (Å²) in [7, 11) is 0. The molecule has 0 bridgehead atoms. The van der Waals surface area contributed by atoms with E-state index in [1.54, 1.807) is 0 Å². The van der Waals surface area contributed by atoms with Gasteiger partial charge in [-0.25, -0.2) is 4.79 Å². The second-order valence-electron chi connectivity index (χ2n) is 13.5. The molecule has 3 aromatic carbocycles. The number of rotatable bonds is 12. The van der Waals surface area contributed by atoms with Gasteiger partial charge in [0.05, 0.1) is 12.6 Å². The Labute approximate surface area is 276 Å². The minimum atomic E-state index is -0.853. The molecule has 9 heteroatoms. The lowest BCUT2D eigenvalue weighted by Gasteiger charge is -2.35. The second kappa shape index (κ2) is 15.3. The number of amides is 3. The van der Waals surface area contributed by atoms with Crippen LogP contribution < -0.4 is 16.0 Å². The van der Waals surface area contributed by atoms with Gasteiger partial charge in [0.15, 0.2) is 0 Å². The fourth-order valence-electron chi connectivity index (χ4n) is 7.01. The Kier molecular flexibility index (Phi) is 11.2. The Balaban J connectivity index is 1.39. The molecule has 1 saturated carbocycles. The van der Waals surface area contributed by atoms with Crippen molar-refractivity contribution in [3.05, 3.63) is 82.9 Å². The number of alkyl carbamates (subject to hydrolysis) is 1. The van der Waals surface area contributed by atoms with Gasteiger partial charge >= 0.3 is 6.09 Å². The molecule has 5 rings (SSSR count). The third-order valence-electron chi connectivity index (χ3n) is 9.73. The second-order valence-corrected chi connectivity index (χ2v) is 13.9. The lowest BCUT2D eigenvalue weighted by molar-refractivity contribution is -0.126. The molecule has 0 radical (unpaired) electrons. The molecule has 8 nitrogen and oxygen atoms in total. The van der Waals surface area contributed by atoms with Gasteiger partial charge in [0.1, 0.15) is 12.1 Å². The van der Waals surface area contributed by atoms with Crippen molar-refractivity contribution in [3.8, 4) is 0 Å². The van der Waals surface area contributed by atoms with Crippen LogP contribution in [0.5, 0.6) is 0 Å². The zero-order valence-electron chi connectivity index (χ0n) is 26.8. The number of carbonyl (C=O) groups excluding carboxylic acids is 3. The highest BCUT2D eigenvalue weighted by atomic mass is 35.5. The van der Waals surface area contributed by atoms with Gasteiger partial charge in [0.2, 0.25) is 11.8 Å². The van der Waals surface area contributed by atoms with Gasteiger partial charge in [-0.3, -0.25) is 9.59 Å². The van der Waals surface area contributed by atoms with Crippen molar-refractivity contribution in [1.29, 1.82) is 0 Å². The van der Waals surface area contributed by atoms with E-state index in [0.717, 1.165) is 47.6 Å². The van der Waals surface area contributed by atoms with E-state index in [2.05, 4.69) is 16.0 Å². The maximum atomic E-state index is 13.8. The quantitative estimate of drug-likeness (QED) is 0.177. The van der Waals surface area contributed by atoms with Crippen molar-refractivity contribution in [2.75, 3.05) is 13.2 Å². The maximum Gasteiger partial charge on any atom is 0.408 e. The average Bonchev–Trinajstić information content (AvgIpc) is 3.46. The van der Waals surface area contributed by atoms with E-state index >= 15 is 0 Å². The summed E-state index contributed by atoms with van der Waals surface area (Å²) >= 11 is 6.39. The Morgan fingerprint density at radius 1 is 0.957 bits per heavy atom. The average molecular weight is 648 g/mol. The number of aliphatic hydroxyl groups excluding tert-OH is 1. The van der Waals surface area contributed by atoms with Gasteiger partial charge in [0.25, 0.3) is 0 Å². The van der Waals surface area contributed by atoms with Crippen LogP contribution in [0, 0.1) is 11.8 Å². The molecule has 46 heavy (non-hydrogen) atoms. The number of ether oxygens (including phenoxy) is 1. The molecule has 3 amide bonds. The molecule has 1 heterocycles. The van der Waals surface area contributed by atoms with Crippen LogP contribution in [0.25, 0.3) is 10.8 Å². The van der Waals surface area contributed by atoms with Gasteiger partial charge in [-0.2, -0.15) is 0 Å². The first-order chi connectivity index (χ1) is 22.1. The van der Waals surface area contributed by atoms with Crippen molar-refractivity contribution >= 4 is 40.3 Å². The van der Waals surface area contributed by atoms with Gasteiger partial charge in [-0.1, -0.05) is 106 Å². The first-order valence-electron chi connectivity index (χ1n) is 16.5. The number of benzene rings is 3. The minimum absolute atomic E-state index is 0.0600. The molecule has 1 aliphatic carbocycles. The Morgan fingerprint density at radius 2 is 1.72 bits per heavy atom. The van der Waals surface area contributed by atoms with Crippen LogP contribution in [0.3, 0.4) is 0 Å². The highest BCUT2D eigenvalue weighted by Gasteiger charge is 2.38. The van der Waals surface area contributed by atoms with Crippen LogP contribution in [0.1, 0.15) is 82.4 Å². The predicted molar refractivity (Wildman–Crippen MR) is 181 cm³/mol. The molecule has 2 fully saturated rings. The van der Waals surface area contributed by atoms with Crippen molar-refractivity contribution in [2.24, 2.45) is 11.8 Å². The minimum Gasteiger partial charge on any atom is -0.440 e. The molecule has 1 saturated heterocycles. The standard InChI is InChI=1S/C37H46ClN3O5/c1-37(2,29-13-8-14-30(38)22-29)33(27-16-15-25-11-6-7-12-26(25)20-27)46-36(45)41-32(19-24-9-4-3-5-10-24)35(44)40-31(23-42)21-28-17-18-39-34(28)43/h6-8,11-16,20,22,24,28,31-33,42H,3-5,9-10,17-19,21,23H2,1-2H3,(H,39,43)(H,40,44)(H,41,45). The van der Waals surface area contributed by atoms with Crippen molar-refractivity contribution in [1.82, 2.24) is 16.0 Å². The van der Waals surface area contributed by atoms with Crippen LogP contribution in [0.15, 0.2) is 66.7 Å². The lowest BCUT2D eigenvalue weighted by atomic mass is 9.76. The summed E-state index contributed by atoms with van der Waals surface area (Å²) in [6, 6.07) is 20.2. The number of carbonyl (C=O) groups is 3. The summed E-state index contributed by atoms with van der Waals surface area (Å²) in [5.41, 5.74) is 1.04.